The van der Waals surface area contributed by atoms with Gasteiger partial charge in [-0.25, -0.2) is 19.0 Å². The number of alkyl halides is 1. The lowest BCUT2D eigenvalue weighted by Crippen LogP contribution is -2.38. The smallest absolute Gasteiger partial charge is 0.226 e. The topological polar surface area (TPSA) is 138 Å². The van der Waals surface area contributed by atoms with Gasteiger partial charge in [0.2, 0.25) is 5.91 Å². The lowest BCUT2D eigenvalue weighted by molar-refractivity contribution is -0.128. The first-order chi connectivity index (χ1) is 16.5. The average molecular weight is 488 g/mol. The fourth-order valence-electron chi connectivity index (χ4n) is 4.64. The van der Waals surface area contributed by atoms with Crippen LogP contribution in [0.3, 0.4) is 0 Å². The van der Waals surface area contributed by atoms with Crippen molar-refractivity contribution in [3.05, 3.63) is 35.9 Å². The Balaban J connectivity index is 1.41. The molecule has 0 saturated heterocycles. The number of anilines is 1. The van der Waals surface area contributed by atoms with E-state index in [9.17, 15) is 19.4 Å². The van der Waals surface area contributed by atoms with E-state index >= 15 is 0 Å². The summed E-state index contributed by atoms with van der Waals surface area (Å²) >= 11 is 1.37. The van der Waals surface area contributed by atoms with Crippen LogP contribution >= 0.6 is 11.8 Å². The molecule has 5 rings (SSSR count). The zero-order valence-electron chi connectivity index (χ0n) is 18.5. The zero-order valence-corrected chi connectivity index (χ0v) is 19.3. The Labute approximate surface area is 199 Å². The molecule has 4 N–H and O–H groups in total. The van der Waals surface area contributed by atoms with Crippen LogP contribution in [0.1, 0.15) is 30.4 Å². The quantitative estimate of drug-likeness (QED) is 0.273. The van der Waals surface area contributed by atoms with Crippen molar-refractivity contribution >= 4 is 34.7 Å². The molecule has 2 heterocycles. The van der Waals surface area contributed by atoms with Crippen LogP contribution in [0.2, 0.25) is 0 Å². The number of aliphatic hydroxyl groups is 2. The van der Waals surface area contributed by atoms with E-state index in [1.165, 1.54) is 22.0 Å². The molecule has 2 saturated carbocycles. The number of rotatable bonds is 8. The highest BCUT2D eigenvalue weighted by molar-refractivity contribution is 7.98. The third-order valence-electron chi connectivity index (χ3n) is 6.52. The van der Waals surface area contributed by atoms with E-state index in [-0.39, 0.29) is 19.0 Å². The fraction of sp³-hybridized carbons (Fsp3) is 0.500. The van der Waals surface area contributed by atoms with Crippen LogP contribution in [0.15, 0.2) is 35.5 Å². The van der Waals surface area contributed by atoms with Crippen molar-refractivity contribution in [3.8, 4) is 0 Å². The maximum Gasteiger partial charge on any atom is 0.226 e. The van der Waals surface area contributed by atoms with Gasteiger partial charge >= 0.3 is 0 Å². The standard InChI is InChI=1S/C22H26FN7O3S/c1-34-22-26-19(25-14-9-12(14)11-5-3-2-4-6-11)16-20(27-22)30(29-28-16)15-10-13(17(31)18(15)32)21(33)24-8-7-23/h2-6,12-15,17-18,31-32H,7-10H2,1H3,(H,24,33)(H,25,26,27)/t12?,13-,14?,15+,17+,18-/m1/s1. The van der Waals surface area contributed by atoms with Gasteiger partial charge in [0.25, 0.3) is 0 Å². The van der Waals surface area contributed by atoms with Crippen LogP contribution in [-0.2, 0) is 4.79 Å². The van der Waals surface area contributed by atoms with E-state index in [0.29, 0.717) is 28.1 Å². The maximum atomic E-state index is 12.4. The van der Waals surface area contributed by atoms with Gasteiger partial charge in [0.1, 0.15) is 12.8 Å². The number of hydrogen-bond donors (Lipinski definition) is 4. The van der Waals surface area contributed by atoms with Crippen LogP contribution in [0, 0.1) is 5.92 Å². The van der Waals surface area contributed by atoms with Crippen LogP contribution in [0.25, 0.3) is 11.2 Å². The molecule has 2 fully saturated rings. The molecule has 0 aliphatic heterocycles. The number of nitrogens with one attached hydrogen (secondary N) is 2. The van der Waals surface area contributed by atoms with Crippen molar-refractivity contribution in [1.29, 1.82) is 0 Å². The Morgan fingerprint density at radius 3 is 2.74 bits per heavy atom. The number of fused-ring (bicyclic) bond motifs is 1. The summed E-state index contributed by atoms with van der Waals surface area (Å²) in [5.41, 5.74) is 2.14. The van der Waals surface area contributed by atoms with Gasteiger partial charge in [-0.15, -0.1) is 5.10 Å². The molecule has 180 valence electrons. The van der Waals surface area contributed by atoms with Crippen LogP contribution < -0.4 is 10.6 Å². The minimum atomic E-state index is -1.30. The third kappa shape index (κ3) is 4.21. The first kappa shape index (κ1) is 22.9. The molecule has 2 unspecified atom stereocenters. The minimum Gasteiger partial charge on any atom is -0.390 e. The summed E-state index contributed by atoms with van der Waals surface area (Å²) < 4.78 is 13.9. The molecule has 2 aromatic heterocycles. The van der Waals surface area contributed by atoms with Gasteiger partial charge in [-0.3, -0.25) is 4.79 Å². The minimum absolute atomic E-state index is 0.124. The highest BCUT2D eigenvalue weighted by Crippen LogP contribution is 2.43. The van der Waals surface area contributed by atoms with Gasteiger partial charge in [-0.05, 0) is 24.7 Å². The second-order valence-electron chi connectivity index (χ2n) is 8.64. The second-order valence-corrected chi connectivity index (χ2v) is 9.41. The van der Waals surface area contributed by atoms with Gasteiger partial charge < -0.3 is 20.8 Å². The lowest BCUT2D eigenvalue weighted by atomic mass is 10.0. The van der Waals surface area contributed by atoms with E-state index in [0.717, 1.165) is 6.42 Å². The van der Waals surface area contributed by atoms with Crippen molar-refractivity contribution in [2.75, 3.05) is 24.8 Å². The normalized spacial score (nSPS) is 28.2. The van der Waals surface area contributed by atoms with Gasteiger partial charge in [0.15, 0.2) is 22.1 Å². The molecular weight excluding hydrogens is 461 g/mol. The third-order valence-corrected chi connectivity index (χ3v) is 7.07. The molecule has 6 atom stereocenters. The van der Waals surface area contributed by atoms with E-state index < -0.39 is 36.7 Å². The number of aliphatic hydroxyl groups excluding tert-OH is 2. The molecule has 2 aliphatic rings. The summed E-state index contributed by atoms with van der Waals surface area (Å²) in [6.45, 7) is -0.843. The number of benzene rings is 1. The first-order valence-corrected chi connectivity index (χ1v) is 12.4. The monoisotopic (exact) mass is 487 g/mol. The summed E-state index contributed by atoms with van der Waals surface area (Å²) in [7, 11) is 0. The van der Waals surface area contributed by atoms with Gasteiger partial charge in [0, 0.05) is 18.5 Å². The fourth-order valence-corrected chi connectivity index (χ4v) is 5.00. The van der Waals surface area contributed by atoms with Crippen molar-refractivity contribution in [2.45, 2.75) is 48.2 Å². The number of halogens is 1. The average Bonchev–Trinajstić information content (AvgIpc) is 3.40. The van der Waals surface area contributed by atoms with Gasteiger partial charge in [0.05, 0.1) is 18.1 Å². The van der Waals surface area contributed by atoms with Crippen molar-refractivity contribution in [1.82, 2.24) is 30.3 Å². The van der Waals surface area contributed by atoms with Crippen molar-refractivity contribution in [2.24, 2.45) is 5.92 Å². The lowest BCUT2D eigenvalue weighted by Gasteiger charge is -2.17. The number of hydrogen-bond acceptors (Lipinski definition) is 9. The number of carbonyl (C=O) groups is 1. The van der Waals surface area contributed by atoms with E-state index in [1.807, 2.05) is 24.5 Å². The molecular formula is C22H26FN7O3S. The molecule has 0 spiro atoms. The maximum absolute atomic E-state index is 12.4. The predicted molar refractivity (Wildman–Crippen MR) is 124 cm³/mol. The largest absolute Gasteiger partial charge is 0.390 e. The molecule has 12 heteroatoms. The van der Waals surface area contributed by atoms with Crippen LogP contribution in [-0.4, -0.2) is 78.8 Å². The molecule has 3 aromatic rings. The Bertz CT molecular complexity index is 1180. The van der Waals surface area contributed by atoms with E-state index in [2.05, 4.69) is 43.0 Å². The van der Waals surface area contributed by atoms with Crippen LogP contribution in [0.5, 0.6) is 0 Å². The Kier molecular flexibility index (Phi) is 6.36. The highest BCUT2D eigenvalue weighted by Gasteiger charge is 2.47. The Morgan fingerprint density at radius 2 is 2.00 bits per heavy atom. The number of nitrogens with zero attached hydrogens (tertiary/aromatic N) is 5. The number of thioether (sulfide) groups is 1. The zero-order chi connectivity index (χ0) is 23.8. The number of carbonyl (C=O) groups excluding carboxylic acids is 1. The Morgan fingerprint density at radius 1 is 1.21 bits per heavy atom. The number of aromatic nitrogens is 5. The SMILES string of the molecule is CSc1nc(NC2CC2c2ccccc2)c2nnn([C@H]3C[C@@H](C(=O)NCCF)[C@H](O)[C@@H]3O)c2n1. The molecule has 34 heavy (non-hydrogen) atoms. The summed E-state index contributed by atoms with van der Waals surface area (Å²) in [6, 6.07) is 9.76. The molecule has 0 radical (unpaired) electrons. The summed E-state index contributed by atoms with van der Waals surface area (Å²) in [5, 5.41) is 36.1. The van der Waals surface area contributed by atoms with E-state index in [4.69, 9.17) is 0 Å². The predicted octanol–water partition coefficient (Wildman–Crippen LogP) is 1.28. The summed E-state index contributed by atoms with van der Waals surface area (Å²) in [6.07, 6.45) is 0.408. The van der Waals surface area contributed by atoms with Crippen LogP contribution in [0.4, 0.5) is 10.2 Å². The molecule has 2 aliphatic carbocycles. The van der Waals surface area contributed by atoms with Gasteiger partial charge in [-0.1, -0.05) is 47.3 Å². The molecule has 10 nitrogen and oxygen atoms in total. The summed E-state index contributed by atoms with van der Waals surface area (Å²) in [4.78, 5) is 21.5. The highest BCUT2D eigenvalue weighted by atomic mass is 32.2. The molecule has 0 bridgehead atoms. The van der Waals surface area contributed by atoms with Crippen molar-refractivity contribution in [3.63, 3.8) is 0 Å². The van der Waals surface area contributed by atoms with Crippen molar-refractivity contribution < 1.29 is 19.4 Å². The Hall–Kier alpha value is -2.83. The number of amides is 1. The van der Waals surface area contributed by atoms with Gasteiger partial charge in [-0.2, -0.15) is 0 Å². The molecule has 1 amide bonds. The first-order valence-electron chi connectivity index (χ1n) is 11.2. The molecule has 1 aromatic carbocycles. The summed E-state index contributed by atoms with van der Waals surface area (Å²) in [5.74, 6) is -0.439. The second kappa shape index (κ2) is 9.43. The van der Waals surface area contributed by atoms with E-state index in [1.54, 1.807) is 0 Å².